The van der Waals surface area contributed by atoms with Gasteiger partial charge in [-0.3, -0.25) is 4.40 Å². The summed E-state index contributed by atoms with van der Waals surface area (Å²) in [5.74, 6) is 0.947. The molecule has 3 N–H and O–H groups in total. The number of hydrogen-bond donors (Lipinski definition) is 2. The number of aromatic nitrogens is 5. The summed E-state index contributed by atoms with van der Waals surface area (Å²) < 4.78 is 1.94. The van der Waals surface area contributed by atoms with Crippen LogP contribution < -0.4 is 16.0 Å². The molecule has 4 aromatic heterocycles. The van der Waals surface area contributed by atoms with Gasteiger partial charge in [0.15, 0.2) is 15.6 Å². The standard InChI is InChI=1S/C17H19N9O2S2/c1-10-8-24(28-17(27)20-7-11-6-19-16-26(11)4-5-29-16)2-3-25(10)13-12-14(30-9-21-12)23-15(18)22-13/h4-6,9-10H,2-3,7-8H2,1H3,(H,20,27)(H2,18,22,23)/t10-/m0/s1. The van der Waals surface area contributed by atoms with E-state index >= 15 is 0 Å². The lowest BCUT2D eigenvalue weighted by Crippen LogP contribution is -2.53. The zero-order chi connectivity index (χ0) is 20.7. The molecule has 4 aromatic rings. The Labute approximate surface area is 179 Å². The smallest absolute Gasteiger partial charge is 0.368 e. The average Bonchev–Trinajstić information content (AvgIpc) is 3.43. The van der Waals surface area contributed by atoms with Gasteiger partial charge in [0.2, 0.25) is 5.95 Å². The Balaban J connectivity index is 1.20. The van der Waals surface area contributed by atoms with Crippen molar-refractivity contribution in [2.45, 2.75) is 19.5 Å². The van der Waals surface area contributed by atoms with Gasteiger partial charge >= 0.3 is 6.09 Å². The summed E-state index contributed by atoms with van der Waals surface area (Å²) in [4.78, 5) is 38.8. The number of nitrogens with two attached hydrogens (primary N) is 1. The number of hydrogen-bond acceptors (Lipinski definition) is 11. The van der Waals surface area contributed by atoms with Crippen molar-refractivity contribution < 1.29 is 9.63 Å². The first-order valence-electron chi connectivity index (χ1n) is 9.32. The molecule has 0 saturated carbocycles. The molecule has 5 rings (SSSR count). The molecule has 0 bridgehead atoms. The fraction of sp³-hybridized carbons (Fsp3) is 0.353. The predicted molar refractivity (Wildman–Crippen MR) is 114 cm³/mol. The molecule has 1 aliphatic heterocycles. The number of carbonyl (C=O) groups excluding carboxylic acids is 1. The molecular formula is C17H19N9O2S2. The zero-order valence-corrected chi connectivity index (χ0v) is 17.7. The molecule has 30 heavy (non-hydrogen) atoms. The maximum absolute atomic E-state index is 12.3. The van der Waals surface area contributed by atoms with Crippen LogP contribution in [-0.4, -0.2) is 61.2 Å². The minimum Gasteiger partial charge on any atom is -0.368 e. The molecule has 1 fully saturated rings. The van der Waals surface area contributed by atoms with Crippen LogP contribution >= 0.6 is 22.7 Å². The molecule has 11 nitrogen and oxygen atoms in total. The van der Waals surface area contributed by atoms with E-state index in [-0.39, 0.29) is 12.0 Å². The first-order chi connectivity index (χ1) is 14.6. The molecule has 1 atom stereocenters. The van der Waals surface area contributed by atoms with Crippen LogP contribution in [0.2, 0.25) is 0 Å². The largest absolute Gasteiger partial charge is 0.426 e. The van der Waals surface area contributed by atoms with Crippen molar-refractivity contribution in [1.29, 1.82) is 0 Å². The number of nitrogens with zero attached hydrogens (tertiary/aromatic N) is 7. The van der Waals surface area contributed by atoms with Crippen molar-refractivity contribution >= 4 is 55.8 Å². The van der Waals surface area contributed by atoms with E-state index in [0.717, 1.165) is 26.8 Å². The Morgan fingerprint density at radius 1 is 1.33 bits per heavy atom. The summed E-state index contributed by atoms with van der Waals surface area (Å²) in [6.07, 6.45) is 3.18. The molecule has 0 unspecified atom stereocenters. The minimum atomic E-state index is -0.492. The third-order valence-corrected chi connectivity index (χ3v) is 6.40. The van der Waals surface area contributed by atoms with Gasteiger partial charge in [0, 0.05) is 24.2 Å². The van der Waals surface area contributed by atoms with Crippen LogP contribution in [0.1, 0.15) is 12.6 Å². The van der Waals surface area contributed by atoms with Crippen LogP contribution in [0.5, 0.6) is 0 Å². The quantitative estimate of drug-likeness (QED) is 0.483. The van der Waals surface area contributed by atoms with Crippen molar-refractivity contribution in [3.8, 4) is 0 Å². The van der Waals surface area contributed by atoms with Crippen LogP contribution in [-0.2, 0) is 11.4 Å². The molecule has 0 aromatic carbocycles. The number of rotatable bonds is 4. The number of thiazole rings is 2. The highest BCUT2D eigenvalue weighted by molar-refractivity contribution is 7.16. The number of imidazole rings is 1. The second-order valence-corrected chi connectivity index (χ2v) is 8.59. The highest BCUT2D eigenvalue weighted by atomic mass is 32.1. The fourth-order valence-corrected chi connectivity index (χ4v) is 4.87. The molecule has 0 spiro atoms. The summed E-state index contributed by atoms with van der Waals surface area (Å²) in [6, 6.07) is 0.0472. The van der Waals surface area contributed by atoms with E-state index in [4.69, 9.17) is 10.6 Å². The van der Waals surface area contributed by atoms with E-state index in [0.29, 0.717) is 26.2 Å². The van der Waals surface area contributed by atoms with Gasteiger partial charge in [-0.1, -0.05) is 0 Å². The molecule has 1 amide bonds. The first kappa shape index (κ1) is 19.0. The van der Waals surface area contributed by atoms with Gasteiger partial charge in [0.25, 0.3) is 0 Å². The Morgan fingerprint density at radius 3 is 3.10 bits per heavy atom. The van der Waals surface area contributed by atoms with Gasteiger partial charge in [-0.2, -0.15) is 4.98 Å². The normalized spacial score (nSPS) is 17.6. The van der Waals surface area contributed by atoms with Crippen LogP contribution in [0.3, 0.4) is 0 Å². The second-order valence-electron chi connectivity index (χ2n) is 6.88. The van der Waals surface area contributed by atoms with Crippen LogP contribution in [0.25, 0.3) is 15.3 Å². The number of piperazine rings is 1. The van der Waals surface area contributed by atoms with Gasteiger partial charge in [0.1, 0.15) is 5.52 Å². The second kappa shape index (κ2) is 7.66. The number of carbonyl (C=O) groups is 1. The lowest BCUT2D eigenvalue weighted by molar-refractivity contribution is -0.109. The topological polar surface area (TPSA) is 127 Å². The molecular weight excluding hydrogens is 426 g/mol. The van der Waals surface area contributed by atoms with E-state index in [1.807, 2.05) is 22.9 Å². The molecule has 1 aliphatic rings. The summed E-state index contributed by atoms with van der Waals surface area (Å²) in [6.45, 7) is 4.08. The SMILES string of the molecule is C[C@H]1CN(OC(=O)NCc2cnc3sccn23)CCN1c1nc(N)nc2scnc12. The van der Waals surface area contributed by atoms with Crippen LogP contribution in [0.4, 0.5) is 16.6 Å². The van der Waals surface area contributed by atoms with E-state index in [1.54, 1.807) is 28.1 Å². The number of anilines is 2. The Morgan fingerprint density at radius 2 is 2.23 bits per heavy atom. The molecule has 0 aliphatic carbocycles. The van der Waals surface area contributed by atoms with Crippen molar-refractivity contribution in [3.05, 3.63) is 29.0 Å². The highest BCUT2D eigenvalue weighted by Gasteiger charge is 2.29. The Kier molecular flexibility index (Phi) is 4.84. The molecule has 0 radical (unpaired) electrons. The molecule has 1 saturated heterocycles. The van der Waals surface area contributed by atoms with Crippen molar-refractivity contribution in [1.82, 2.24) is 34.7 Å². The summed E-state index contributed by atoms with van der Waals surface area (Å²) in [7, 11) is 0. The number of nitrogens with one attached hydrogen (secondary N) is 1. The zero-order valence-electron chi connectivity index (χ0n) is 16.1. The maximum Gasteiger partial charge on any atom is 0.426 e. The fourth-order valence-electron chi connectivity index (χ4n) is 3.50. The number of nitrogen functional groups attached to an aromatic ring is 1. The third-order valence-electron chi connectivity index (χ3n) is 4.91. The third kappa shape index (κ3) is 3.51. The van der Waals surface area contributed by atoms with E-state index in [9.17, 15) is 4.79 Å². The first-order valence-corrected chi connectivity index (χ1v) is 11.1. The summed E-state index contributed by atoms with van der Waals surface area (Å²) >= 11 is 2.98. The number of amides is 1. The lowest BCUT2D eigenvalue weighted by atomic mass is 10.2. The maximum atomic E-state index is 12.3. The van der Waals surface area contributed by atoms with E-state index in [1.165, 1.54) is 11.3 Å². The lowest BCUT2D eigenvalue weighted by Gasteiger charge is -2.39. The molecule has 13 heteroatoms. The van der Waals surface area contributed by atoms with Crippen molar-refractivity contribution in [2.75, 3.05) is 30.3 Å². The van der Waals surface area contributed by atoms with Crippen molar-refractivity contribution in [3.63, 3.8) is 0 Å². The van der Waals surface area contributed by atoms with E-state index in [2.05, 4.69) is 30.2 Å². The van der Waals surface area contributed by atoms with E-state index < -0.39 is 6.09 Å². The molecule has 156 valence electrons. The predicted octanol–water partition coefficient (Wildman–Crippen LogP) is 1.73. The monoisotopic (exact) mass is 445 g/mol. The van der Waals surface area contributed by atoms with Crippen molar-refractivity contribution in [2.24, 2.45) is 0 Å². The van der Waals surface area contributed by atoms with Gasteiger partial charge < -0.3 is 20.8 Å². The molecule has 5 heterocycles. The van der Waals surface area contributed by atoms with Gasteiger partial charge in [0.05, 0.1) is 37.0 Å². The number of hydroxylamine groups is 2. The summed E-state index contributed by atoms with van der Waals surface area (Å²) in [5.41, 5.74) is 9.25. The van der Waals surface area contributed by atoms with Gasteiger partial charge in [-0.05, 0) is 6.92 Å². The Hall–Kier alpha value is -3.03. The van der Waals surface area contributed by atoms with Gasteiger partial charge in [-0.25, -0.2) is 19.7 Å². The van der Waals surface area contributed by atoms with Crippen LogP contribution in [0.15, 0.2) is 23.3 Å². The Bertz CT molecular complexity index is 1200. The number of fused-ring (bicyclic) bond motifs is 2. The average molecular weight is 446 g/mol. The van der Waals surface area contributed by atoms with Crippen LogP contribution in [0, 0.1) is 0 Å². The minimum absolute atomic E-state index is 0.0472. The summed E-state index contributed by atoms with van der Waals surface area (Å²) in [5, 5.41) is 6.40. The highest BCUT2D eigenvalue weighted by Crippen LogP contribution is 2.28. The van der Waals surface area contributed by atoms with Gasteiger partial charge in [-0.15, -0.1) is 27.7 Å².